The Morgan fingerprint density at radius 2 is 2.00 bits per heavy atom. The smallest absolute Gasteiger partial charge is 0.312 e. The SMILES string of the molecule is COC(=O)[C@@H]1[C@H](c2ccc(Br)cc2)c2c([nH][nH]c2=O)C[C@@]1(C)O. The number of esters is 1. The van der Waals surface area contributed by atoms with E-state index in [-0.39, 0.29) is 12.0 Å². The fourth-order valence-electron chi connectivity index (χ4n) is 3.41. The van der Waals surface area contributed by atoms with E-state index in [4.69, 9.17) is 4.74 Å². The van der Waals surface area contributed by atoms with Crippen LogP contribution in [0.2, 0.25) is 0 Å². The molecule has 1 aromatic heterocycles. The first-order valence-corrected chi connectivity index (χ1v) is 7.99. The van der Waals surface area contributed by atoms with Crippen molar-refractivity contribution in [3.8, 4) is 0 Å². The number of halogens is 1. The number of H-pyrrole nitrogens is 2. The van der Waals surface area contributed by atoms with Crippen LogP contribution in [0.5, 0.6) is 0 Å². The summed E-state index contributed by atoms with van der Waals surface area (Å²) in [6, 6.07) is 7.35. The van der Waals surface area contributed by atoms with Crippen LogP contribution in [0.15, 0.2) is 33.5 Å². The molecule has 6 nitrogen and oxygen atoms in total. The lowest BCUT2D eigenvalue weighted by Crippen LogP contribution is -2.49. The van der Waals surface area contributed by atoms with Crippen molar-refractivity contribution in [2.24, 2.45) is 5.92 Å². The molecule has 0 unspecified atom stereocenters. The van der Waals surface area contributed by atoms with Gasteiger partial charge in [-0.3, -0.25) is 14.7 Å². The Labute approximate surface area is 141 Å². The number of carbonyl (C=O) groups is 1. The highest BCUT2D eigenvalue weighted by Crippen LogP contribution is 2.44. The average molecular weight is 381 g/mol. The number of methoxy groups -OCH3 is 1. The minimum Gasteiger partial charge on any atom is -0.469 e. The third-order valence-electron chi connectivity index (χ3n) is 4.43. The van der Waals surface area contributed by atoms with E-state index in [2.05, 4.69) is 26.1 Å². The Bertz CT molecular complexity index is 791. The lowest BCUT2D eigenvalue weighted by Gasteiger charge is -2.40. The lowest BCUT2D eigenvalue weighted by atomic mass is 9.66. The molecule has 1 aliphatic rings. The van der Waals surface area contributed by atoms with Gasteiger partial charge in [0.15, 0.2) is 0 Å². The monoisotopic (exact) mass is 380 g/mol. The number of rotatable bonds is 2. The molecule has 7 heteroatoms. The van der Waals surface area contributed by atoms with Gasteiger partial charge in [0.2, 0.25) is 0 Å². The summed E-state index contributed by atoms with van der Waals surface area (Å²) < 4.78 is 5.79. The summed E-state index contributed by atoms with van der Waals surface area (Å²) in [5.41, 5.74) is 0.262. The van der Waals surface area contributed by atoms with Crippen LogP contribution in [0.3, 0.4) is 0 Å². The number of aromatic nitrogens is 2. The van der Waals surface area contributed by atoms with Gasteiger partial charge in [0.05, 0.1) is 18.6 Å². The Morgan fingerprint density at radius 1 is 1.35 bits per heavy atom. The summed E-state index contributed by atoms with van der Waals surface area (Å²) in [5, 5.41) is 16.2. The zero-order chi connectivity index (χ0) is 16.8. The fraction of sp³-hybridized carbons (Fsp3) is 0.375. The number of fused-ring (bicyclic) bond motifs is 1. The van der Waals surface area contributed by atoms with Crippen molar-refractivity contribution in [3.05, 3.63) is 55.9 Å². The summed E-state index contributed by atoms with van der Waals surface area (Å²) in [4.78, 5) is 24.6. The van der Waals surface area contributed by atoms with E-state index in [0.29, 0.717) is 11.3 Å². The van der Waals surface area contributed by atoms with Crippen molar-refractivity contribution in [3.63, 3.8) is 0 Å². The summed E-state index contributed by atoms with van der Waals surface area (Å²) >= 11 is 3.37. The average Bonchev–Trinajstić information content (AvgIpc) is 2.85. The third kappa shape index (κ3) is 2.64. The highest BCUT2D eigenvalue weighted by Gasteiger charge is 2.50. The van der Waals surface area contributed by atoms with Crippen LogP contribution in [0.4, 0.5) is 0 Å². The van der Waals surface area contributed by atoms with Gasteiger partial charge < -0.3 is 14.9 Å². The molecule has 3 atom stereocenters. The maximum atomic E-state index is 12.4. The second-order valence-corrected chi connectivity index (χ2v) is 6.95. The summed E-state index contributed by atoms with van der Waals surface area (Å²) in [5.74, 6) is -1.98. The first-order chi connectivity index (χ1) is 10.8. The molecule has 23 heavy (non-hydrogen) atoms. The van der Waals surface area contributed by atoms with Crippen molar-refractivity contribution in [2.45, 2.75) is 24.9 Å². The Kier molecular flexibility index (Phi) is 3.93. The minimum absolute atomic E-state index is 0.174. The van der Waals surface area contributed by atoms with E-state index < -0.39 is 23.4 Å². The first-order valence-electron chi connectivity index (χ1n) is 7.20. The van der Waals surface area contributed by atoms with E-state index >= 15 is 0 Å². The van der Waals surface area contributed by atoms with E-state index in [0.717, 1.165) is 10.0 Å². The maximum absolute atomic E-state index is 12.4. The molecule has 2 aromatic rings. The van der Waals surface area contributed by atoms with Crippen molar-refractivity contribution < 1.29 is 14.6 Å². The fourth-order valence-corrected chi connectivity index (χ4v) is 3.68. The van der Waals surface area contributed by atoms with E-state index in [1.807, 2.05) is 24.3 Å². The number of aliphatic hydroxyl groups is 1. The van der Waals surface area contributed by atoms with Crippen LogP contribution in [0.1, 0.15) is 29.7 Å². The maximum Gasteiger partial charge on any atom is 0.312 e. The highest BCUT2D eigenvalue weighted by atomic mass is 79.9. The van der Waals surface area contributed by atoms with Gasteiger partial charge in [0, 0.05) is 28.1 Å². The second kappa shape index (κ2) is 5.65. The number of hydrogen-bond donors (Lipinski definition) is 3. The Balaban J connectivity index is 2.24. The number of aromatic amines is 2. The third-order valence-corrected chi connectivity index (χ3v) is 4.96. The molecule has 0 spiro atoms. The molecule has 0 aliphatic heterocycles. The number of ether oxygens (including phenoxy) is 1. The number of benzene rings is 1. The van der Waals surface area contributed by atoms with E-state index in [1.54, 1.807) is 6.92 Å². The van der Waals surface area contributed by atoms with Crippen LogP contribution >= 0.6 is 15.9 Å². The second-order valence-electron chi connectivity index (χ2n) is 6.04. The predicted molar refractivity (Wildman–Crippen MR) is 87.2 cm³/mol. The van der Waals surface area contributed by atoms with Crippen molar-refractivity contribution in [1.29, 1.82) is 0 Å². The van der Waals surface area contributed by atoms with Gasteiger partial charge in [-0.05, 0) is 24.6 Å². The molecule has 0 radical (unpaired) electrons. The van der Waals surface area contributed by atoms with Gasteiger partial charge in [0.1, 0.15) is 0 Å². The van der Waals surface area contributed by atoms with Crippen LogP contribution in [0, 0.1) is 5.92 Å². The molecule has 3 rings (SSSR count). The van der Waals surface area contributed by atoms with Gasteiger partial charge in [-0.1, -0.05) is 28.1 Å². The first kappa shape index (κ1) is 16.0. The molecule has 1 aromatic carbocycles. The molecule has 0 fully saturated rings. The highest BCUT2D eigenvalue weighted by molar-refractivity contribution is 9.10. The molecular weight excluding hydrogens is 364 g/mol. The van der Waals surface area contributed by atoms with Crippen LogP contribution in [-0.2, 0) is 16.0 Å². The van der Waals surface area contributed by atoms with Gasteiger partial charge in [-0.25, -0.2) is 0 Å². The zero-order valence-corrected chi connectivity index (χ0v) is 14.3. The molecule has 3 N–H and O–H groups in total. The van der Waals surface area contributed by atoms with Gasteiger partial charge in [-0.15, -0.1) is 0 Å². The number of carbonyl (C=O) groups excluding carboxylic acids is 1. The summed E-state index contributed by atoms with van der Waals surface area (Å²) in [6.07, 6.45) is 0.174. The van der Waals surface area contributed by atoms with E-state index in [9.17, 15) is 14.7 Å². The summed E-state index contributed by atoms with van der Waals surface area (Å²) in [6.45, 7) is 1.59. The largest absolute Gasteiger partial charge is 0.469 e. The van der Waals surface area contributed by atoms with Crippen molar-refractivity contribution in [2.75, 3.05) is 7.11 Å². The lowest BCUT2D eigenvalue weighted by molar-refractivity contribution is -0.156. The van der Waals surface area contributed by atoms with Gasteiger partial charge in [0.25, 0.3) is 5.56 Å². The normalized spacial score (nSPS) is 26.6. The topological polar surface area (TPSA) is 95.2 Å². The number of hydrogen-bond acceptors (Lipinski definition) is 4. The summed E-state index contributed by atoms with van der Waals surface area (Å²) in [7, 11) is 1.29. The minimum atomic E-state index is -1.33. The zero-order valence-electron chi connectivity index (χ0n) is 12.7. The molecule has 0 amide bonds. The Hall–Kier alpha value is -1.86. The molecule has 1 aliphatic carbocycles. The molecule has 122 valence electrons. The predicted octanol–water partition coefficient (Wildman–Crippen LogP) is 1.69. The molecule has 0 bridgehead atoms. The Morgan fingerprint density at radius 3 is 2.61 bits per heavy atom. The van der Waals surface area contributed by atoms with E-state index in [1.165, 1.54) is 7.11 Å². The van der Waals surface area contributed by atoms with Crippen LogP contribution < -0.4 is 5.56 Å². The molecule has 0 saturated heterocycles. The quantitative estimate of drug-likeness (QED) is 0.690. The standard InChI is InChI=1S/C16H17BrN2O4/c1-16(22)7-10-12(14(20)19-18-10)11(13(16)15(21)23-2)8-3-5-9(17)6-4-8/h3-6,11,13,22H,7H2,1-2H3,(H2,18,19,20)/t11-,13+,16-/m1/s1. The molecule has 1 heterocycles. The van der Waals surface area contributed by atoms with Gasteiger partial charge in [-0.2, -0.15) is 0 Å². The van der Waals surface area contributed by atoms with Crippen molar-refractivity contribution >= 4 is 21.9 Å². The van der Waals surface area contributed by atoms with Gasteiger partial charge >= 0.3 is 5.97 Å². The van der Waals surface area contributed by atoms with Crippen molar-refractivity contribution in [1.82, 2.24) is 10.2 Å². The van der Waals surface area contributed by atoms with Crippen LogP contribution in [-0.4, -0.2) is 34.0 Å². The number of nitrogens with one attached hydrogen (secondary N) is 2. The molecular formula is C16H17BrN2O4. The van der Waals surface area contributed by atoms with Crippen LogP contribution in [0.25, 0.3) is 0 Å². The molecule has 0 saturated carbocycles.